The molecule has 1 aliphatic heterocycles. The van der Waals surface area contributed by atoms with Gasteiger partial charge in [0, 0.05) is 18.6 Å². The largest absolute Gasteiger partial charge is 0.508 e. The lowest BCUT2D eigenvalue weighted by atomic mass is 9.99. The lowest BCUT2D eigenvalue weighted by Gasteiger charge is -2.38. The molecule has 1 aliphatic rings. The Hall–Kier alpha value is -3.18. The predicted molar refractivity (Wildman–Crippen MR) is 104 cm³/mol. The summed E-state index contributed by atoms with van der Waals surface area (Å²) in [5.41, 5.74) is 0.458. The molecule has 2 aromatic rings. The third kappa shape index (κ3) is 4.94. The zero-order valence-corrected chi connectivity index (χ0v) is 16.2. The second-order valence-electron chi connectivity index (χ2n) is 7.12. The van der Waals surface area contributed by atoms with E-state index in [-0.39, 0.29) is 36.2 Å². The number of ketones is 1. The van der Waals surface area contributed by atoms with Crippen LogP contribution >= 0.6 is 0 Å². The number of rotatable bonds is 7. The van der Waals surface area contributed by atoms with E-state index in [4.69, 9.17) is 9.47 Å². The van der Waals surface area contributed by atoms with Gasteiger partial charge in [0.25, 0.3) is 0 Å². The summed E-state index contributed by atoms with van der Waals surface area (Å²) in [5, 5.41) is 59.1. The van der Waals surface area contributed by atoms with Crippen LogP contribution in [0.3, 0.4) is 0 Å². The van der Waals surface area contributed by atoms with Crippen molar-refractivity contribution in [2.75, 3.05) is 0 Å². The van der Waals surface area contributed by atoms with Gasteiger partial charge in [-0.05, 0) is 24.1 Å². The SMILES string of the molecule is O=C[C@H]1O[C@@H](Oc2cc(O)cc(O)c2C(=O)CCc2ccc(O)cc2)[C@H](O)[C@@H](O)[C@@H]1O. The first-order chi connectivity index (χ1) is 14.7. The Labute approximate surface area is 176 Å². The number of aryl methyl sites for hydroxylation is 1. The van der Waals surface area contributed by atoms with Crippen molar-refractivity contribution in [2.24, 2.45) is 0 Å². The van der Waals surface area contributed by atoms with E-state index >= 15 is 0 Å². The summed E-state index contributed by atoms with van der Waals surface area (Å²) in [5.74, 6) is -1.85. The number of carbonyl (C=O) groups is 2. The van der Waals surface area contributed by atoms with E-state index in [1.165, 1.54) is 12.1 Å². The van der Waals surface area contributed by atoms with Crippen molar-refractivity contribution >= 4 is 12.1 Å². The van der Waals surface area contributed by atoms with Gasteiger partial charge in [-0.25, -0.2) is 0 Å². The number of hydrogen-bond donors (Lipinski definition) is 6. The van der Waals surface area contributed by atoms with E-state index in [9.17, 15) is 40.2 Å². The van der Waals surface area contributed by atoms with Gasteiger partial charge >= 0.3 is 0 Å². The van der Waals surface area contributed by atoms with Gasteiger partial charge in [-0.3, -0.25) is 4.79 Å². The van der Waals surface area contributed by atoms with Gasteiger partial charge in [0.05, 0.1) is 0 Å². The summed E-state index contributed by atoms with van der Waals surface area (Å²) in [6.45, 7) is 0. The number of benzene rings is 2. The molecule has 5 atom stereocenters. The Balaban J connectivity index is 1.83. The molecule has 166 valence electrons. The molecule has 1 saturated heterocycles. The smallest absolute Gasteiger partial charge is 0.229 e. The molecular weight excluding hydrogens is 412 g/mol. The number of phenols is 3. The Morgan fingerprint density at radius 2 is 1.65 bits per heavy atom. The normalized spacial score (nSPS) is 25.7. The minimum atomic E-state index is -1.78. The van der Waals surface area contributed by atoms with E-state index < -0.39 is 48.0 Å². The van der Waals surface area contributed by atoms with Crippen molar-refractivity contribution in [3.63, 3.8) is 0 Å². The van der Waals surface area contributed by atoms with E-state index in [1.54, 1.807) is 12.1 Å². The Morgan fingerprint density at radius 1 is 0.968 bits per heavy atom. The van der Waals surface area contributed by atoms with Gasteiger partial charge in [-0.15, -0.1) is 0 Å². The number of Topliss-reactive ketones (excluding diaryl/α,β-unsaturated/α-hetero) is 1. The van der Waals surface area contributed by atoms with Gasteiger partial charge < -0.3 is 44.9 Å². The third-order valence-corrected chi connectivity index (χ3v) is 4.91. The summed E-state index contributed by atoms with van der Waals surface area (Å²) in [7, 11) is 0. The first-order valence-electron chi connectivity index (χ1n) is 9.40. The molecule has 6 N–H and O–H groups in total. The van der Waals surface area contributed by atoms with Gasteiger partial charge in [0.2, 0.25) is 6.29 Å². The molecular formula is C21H22O10. The molecule has 0 amide bonds. The number of hydrogen-bond acceptors (Lipinski definition) is 10. The zero-order valence-electron chi connectivity index (χ0n) is 16.2. The van der Waals surface area contributed by atoms with Crippen molar-refractivity contribution < 1.29 is 49.7 Å². The first-order valence-corrected chi connectivity index (χ1v) is 9.40. The van der Waals surface area contributed by atoms with Crippen molar-refractivity contribution in [3.8, 4) is 23.0 Å². The van der Waals surface area contributed by atoms with Crippen LogP contribution in [0.1, 0.15) is 22.3 Å². The number of aliphatic hydroxyl groups is 3. The van der Waals surface area contributed by atoms with Crippen molar-refractivity contribution in [1.29, 1.82) is 0 Å². The van der Waals surface area contributed by atoms with Crippen molar-refractivity contribution in [1.82, 2.24) is 0 Å². The van der Waals surface area contributed by atoms with E-state index in [1.807, 2.05) is 0 Å². The zero-order chi connectivity index (χ0) is 22.7. The lowest BCUT2D eigenvalue weighted by Crippen LogP contribution is -2.59. The average Bonchev–Trinajstić information content (AvgIpc) is 2.73. The summed E-state index contributed by atoms with van der Waals surface area (Å²) in [6.07, 6.45) is -7.97. The van der Waals surface area contributed by atoms with Gasteiger partial charge in [0.15, 0.2) is 12.1 Å². The molecule has 0 aromatic heterocycles. The lowest BCUT2D eigenvalue weighted by molar-refractivity contribution is -0.263. The molecule has 1 heterocycles. The summed E-state index contributed by atoms with van der Waals surface area (Å²) in [6, 6.07) is 8.15. The van der Waals surface area contributed by atoms with Gasteiger partial charge in [-0.2, -0.15) is 0 Å². The molecule has 0 radical (unpaired) electrons. The summed E-state index contributed by atoms with van der Waals surface area (Å²) >= 11 is 0. The van der Waals surface area contributed by atoms with Crippen LogP contribution < -0.4 is 4.74 Å². The first kappa shape index (κ1) is 22.5. The topological polar surface area (TPSA) is 174 Å². The van der Waals surface area contributed by atoms with E-state index in [0.717, 1.165) is 17.7 Å². The van der Waals surface area contributed by atoms with Crippen LogP contribution in [0.5, 0.6) is 23.0 Å². The Morgan fingerprint density at radius 3 is 2.29 bits per heavy atom. The van der Waals surface area contributed by atoms with E-state index in [2.05, 4.69) is 0 Å². The minimum absolute atomic E-state index is 0.0636. The van der Waals surface area contributed by atoms with Crippen LogP contribution in [-0.4, -0.2) is 73.4 Å². The quantitative estimate of drug-likeness (QED) is 0.257. The maximum absolute atomic E-state index is 12.8. The van der Waals surface area contributed by atoms with Gasteiger partial charge in [0.1, 0.15) is 53.0 Å². The Kier molecular flexibility index (Phi) is 6.76. The number of aldehydes is 1. The predicted octanol–water partition coefficient (Wildman–Crippen LogP) is 0.00420. The average molecular weight is 434 g/mol. The summed E-state index contributed by atoms with van der Waals surface area (Å²) < 4.78 is 10.6. The molecule has 1 fully saturated rings. The molecule has 10 heteroatoms. The van der Waals surface area contributed by atoms with Crippen molar-refractivity contribution in [2.45, 2.75) is 43.5 Å². The molecule has 0 saturated carbocycles. The Bertz CT molecular complexity index is 942. The highest BCUT2D eigenvalue weighted by molar-refractivity contribution is 6.01. The maximum atomic E-state index is 12.8. The molecule has 0 aliphatic carbocycles. The van der Waals surface area contributed by atoms with Crippen LogP contribution in [0, 0.1) is 0 Å². The number of aliphatic hydroxyl groups excluding tert-OH is 3. The van der Waals surface area contributed by atoms with Crippen molar-refractivity contribution in [3.05, 3.63) is 47.5 Å². The highest BCUT2D eigenvalue weighted by Crippen LogP contribution is 2.36. The molecule has 0 spiro atoms. The van der Waals surface area contributed by atoms with Crippen LogP contribution in [-0.2, 0) is 16.0 Å². The van der Waals surface area contributed by atoms with E-state index in [0.29, 0.717) is 0 Å². The van der Waals surface area contributed by atoms with Gasteiger partial charge in [-0.1, -0.05) is 12.1 Å². The number of aromatic hydroxyl groups is 3. The molecule has 0 unspecified atom stereocenters. The second kappa shape index (κ2) is 9.31. The minimum Gasteiger partial charge on any atom is -0.508 e. The third-order valence-electron chi connectivity index (χ3n) is 4.91. The summed E-state index contributed by atoms with van der Waals surface area (Å²) in [4.78, 5) is 23.8. The molecule has 2 aromatic carbocycles. The fourth-order valence-electron chi connectivity index (χ4n) is 3.21. The van der Waals surface area contributed by atoms with Crippen LogP contribution in [0.15, 0.2) is 36.4 Å². The fourth-order valence-corrected chi connectivity index (χ4v) is 3.21. The molecule has 10 nitrogen and oxygen atoms in total. The van der Waals surface area contributed by atoms with Crippen LogP contribution in [0.4, 0.5) is 0 Å². The standard InChI is InChI=1S/C21H22O10/c22-9-16-18(27)19(28)20(29)21(31-16)30-15-8-12(24)7-14(26)17(15)13(25)6-3-10-1-4-11(23)5-2-10/h1-2,4-5,7-9,16,18-21,23-24,26-29H,3,6H2/t16-,18-,19+,20-,21-/m1/s1. The van der Waals surface area contributed by atoms with Crippen LogP contribution in [0.2, 0.25) is 0 Å². The van der Waals surface area contributed by atoms with Crippen LogP contribution in [0.25, 0.3) is 0 Å². The number of ether oxygens (including phenoxy) is 2. The highest BCUT2D eigenvalue weighted by atomic mass is 16.7. The number of phenolic OH excluding ortho intramolecular Hbond substituents is 3. The monoisotopic (exact) mass is 434 g/mol. The molecule has 3 rings (SSSR count). The fraction of sp³-hybridized carbons (Fsp3) is 0.333. The highest BCUT2D eigenvalue weighted by Gasteiger charge is 2.45. The molecule has 0 bridgehead atoms. The molecule has 31 heavy (non-hydrogen) atoms. The second-order valence-corrected chi connectivity index (χ2v) is 7.12. The number of carbonyl (C=O) groups excluding carboxylic acids is 2. The maximum Gasteiger partial charge on any atom is 0.229 e.